The van der Waals surface area contributed by atoms with E-state index in [0.29, 0.717) is 18.9 Å². The van der Waals surface area contributed by atoms with E-state index in [2.05, 4.69) is 18.8 Å². The summed E-state index contributed by atoms with van der Waals surface area (Å²) < 4.78 is 17.8. The van der Waals surface area contributed by atoms with Gasteiger partial charge < -0.3 is 10.1 Å². The van der Waals surface area contributed by atoms with Gasteiger partial charge in [-0.15, -0.1) is 6.58 Å². The Bertz CT molecular complexity index is 141. The lowest BCUT2D eigenvalue weighted by atomic mass is 10.1. The highest BCUT2D eigenvalue weighted by molar-refractivity contribution is 4.73. The standard InChI is InChI=1S/C11H22FNO/c1-4-5-11(8-12)14-9-10(2)6-7-13-3/h4,10-11,13H,1,5-9H2,2-3H3. The van der Waals surface area contributed by atoms with Crippen LogP contribution in [0, 0.1) is 5.92 Å². The second kappa shape index (κ2) is 9.16. The summed E-state index contributed by atoms with van der Waals surface area (Å²) in [6, 6.07) is 0. The molecule has 0 spiro atoms. The highest BCUT2D eigenvalue weighted by Crippen LogP contribution is 2.06. The number of hydrogen-bond donors (Lipinski definition) is 1. The maximum absolute atomic E-state index is 12.4. The zero-order valence-corrected chi connectivity index (χ0v) is 9.26. The molecule has 0 aromatic carbocycles. The van der Waals surface area contributed by atoms with E-state index in [1.54, 1.807) is 6.08 Å². The van der Waals surface area contributed by atoms with E-state index in [4.69, 9.17) is 4.74 Å². The minimum Gasteiger partial charge on any atom is -0.375 e. The number of alkyl halides is 1. The second-order valence-corrected chi connectivity index (χ2v) is 3.63. The van der Waals surface area contributed by atoms with Crippen LogP contribution >= 0.6 is 0 Å². The average Bonchev–Trinajstić information content (AvgIpc) is 2.21. The first-order valence-electron chi connectivity index (χ1n) is 5.17. The first-order chi connectivity index (χ1) is 6.74. The van der Waals surface area contributed by atoms with Crippen molar-refractivity contribution in [2.75, 3.05) is 26.9 Å². The maximum Gasteiger partial charge on any atom is 0.116 e. The highest BCUT2D eigenvalue weighted by Gasteiger charge is 2.09. The quantitative estimate of drug-likeness (QED) is 0.580. The number of ether oxygens (including phenoxy) is 1. The zero-order valence-electron chi connectivity index (χ0n) is 9.26. The van der Waals surface area contributed by atoms with Crippen molar-refractivity contribution in [3.05, 3.63) is 12.7 Å². The minimum absolute atomic E-state index is 0.301. The molecule has 14 heavy (non-hydrogen) atoms. The highest BCUT2D eigenvalue weighted by atomic mass is 19.1. The van der Waals surface area contributed by atoms with Crippen LogP contribution in [0.25, 0.3) is 0 Å². The Kier molecular flexibility index (Phi) is 8.89. The molecule has 0 heterocycles. The van der Waals surface area contributed by atoms with E-state index < -0.39 is 6.67 Å². The third kappa shape index (κ3) is 7.04. The van der Waals surface area contributed by atoms with Crippen LogP contribution in [0.2, 0.25) is 0 Å². The summed E-state index contributed by atoms with van der Waals surface area (Å²) in [6.07, 6.45) is 3.05. The molecule has 0 aliphatic rings. The van der Waals surface area contributed by atoms with Gasteiger partial charge in [-0.25, -0.2) is 4.39 Å². The van der Waals surface area contributed by atoms with Crippen molar-refractivity contribution in [1.29, 1.82) is 0 Å². The van der Waals surface area contributed by atoms with Crippen molar-refractivity contribution in [3.8, 4) is 0 Å². The molecule has 0 amide bonds. The van der Waals surface area contributed by atoms with Gasteiger partial charge in [0.05, 0.1) is 6.10 Å². The fourth-order valence-electron chi connectivity index (χ4n) is 1.14. The normalized spacial score (nSPS) is 15.1. The Labute approximate surface area is 86.5 Å². The number of rotatable bonds is 9. The largest absolute Gasteiger partial charge is 0.375 e. The van der Waals surface area contributed by atoms with Crippen molar-refractivity contribution in [2.24, 2.45) is 5.92 Å². The molecule has 2 unspecified atom stereocenters. The summed E-state index contributed by atoms with van der Waals surface area (Å²) in [4.78, 5) is 0. The molecule has 0 aliphatic heterocycles. The summed E-state index contributed by atoms with van der Waals surface area (Å²) >= 11 is 0. The first kappa shape index (κ1) is 13.6. The molecule has 0 rings (SSSR count). The van der Waals surface area contributed by atoms with Gasteiger partial charge in [-0.1, -0.05) is 13.0 Å². The molecule has 84 valence electrons. The predicted molar refractivity (Wildman–Crippen MR) is 58.2 cm³/mol. The summed E-state index contributed by atoms with van der Waals surface area (Å²) in [5.74, 6) is 0.473. The smallest absolute Gasteiger partial charge is 0.116 e. The van der Waals surface area contributed by atoms with Crippen LogP contribution < -0.4 is 5.32 Å². The lowest BCUT2D eigenvalue weighted by molar-refractivity contribution is 0.0184. The monoisotopic (exact) mass is 203 g/mol. The van der Waals surface area contributed by atoms with Crippen molar-refractivity contribution in [3.63, 3.8) is 0 Å². The van der Waals surface area contributed by atoms with Crippen LogP contribution in [0.4, 0.5) is 4.39 Å². The Morgan fingerprint density at radius 3 is 2.79 bits per heavy atom. The van der Waals surface area contributed by atoms with Crippen molar-refractivity contribution < 1.29 is 9.13 Å². The molecule has 0 aromatic rings. The molecule has 2 atom stereocenters. The molecule has 0 radical (unpaired) electrons. The summed E-state index contributed by atoms with van der Waals surface area (Å²) in [5, 5.41) is 3.08. The number of halogens is 1. The number of nitrogens with one attached hydrogen (secondary N) is 1. The lowest BCUT2D eigenvalue weighted by Crippen LogP contribution is -2.20. The molecule has 0 aliphatic carbocycles. The number of hydrogen-bond acceptors (Lipinski definition) is 2. The maximum atomic E-state index is 12.4. The van der Waals surface area contributed by atoms with E-state index in [9.17, 15) is 4.39 Å². The fraction of sp³-hybridized carbons (Fsp3) is 0.818. The van der Waals surface area contributed by atoms with Gasteiger partial charge >= 0.3 is 0 Å². The van der Waals surface area contributed by atoms with Crippen molar-refractivity contribution in [1.82, 2.24) is 5.32 Å². The van der Waals surface area contributed by atoms with Gasteiger partial charge in [0.15, 0.2) is 0 Å². The van der Waals surface area contributed by atoms with E-state index in [1.807, 2.05) is 7.05 Å². The Morgan fingerprint density at radius 1 is 1.57 bits per heavy atom. The van der Waals surface area contributed by atoms with Gasteiger partial charge in [0.25, 0.3) is 0 Å². The Morgan fingerprint density at radius 2 is 2.29 bits per heavy atom. The van der Waals surface area contributed by atoms with Gasteiger partial charge in [-0.05, 0) is 32.4 Å². The van der Waals surface area contributed by atoms with Crippen molar-refractivity contribution >= 4 is 0 Å². The van der Waals surface area contributed by atoms with Crippen LogP contribution in [-0.2, 0) is 4.74 Å². The zero-order chi connectivity index (χ0) is 10.8. The van der Waals surface area contributed by atoms with E-state index >= 15 is 0 Å². The van der Waals surface area contributed by atoms with Gasteiger partial charge in [0.1, 0.15) is 6.67 Å². The van der Waals surface area contributed by atoms with E-state index in [0.717, 1.165) is 13.0 Å². The topological polar surface area (TPSA) is 21.3 Å². The molecule has 0 aromatic heterocycles. The molecular weight excluding hydrogens is 181 g/mol. The van der Waals surface area contributed by atoms with Crippen LogP contribution in [-0.4, -0.2) is 33.0 Å². The molecule has 1 N–H and O–H groups in total. The first-order valence-corrected chi connectivity index (χ1v) is 5.17. The fourth-order valence-corrected chi connectivity index (χ4v) is 1.14. The van der Waals surface area contributed by atoms with E-state index in [1.165, 1.54) is 0 Å². The van der Waals surface area contributed by atoms with Crippen LogP contribution in [0.5, 0.6) is 0 Å². The average molecular weight is 203 g/mol. The van der Waals surface area contributed by atoms with Gasteiger partial charge in [0.2, 0.25) is 0 Å². The molecule has 2 nitrogen and oxygen atoms in total. The van der Waals surface area contributed by atoms with Gasteiger partial charge in [-0.2, -0.15) is 0 Å². The SMILES string of the molecule is C=CCC(CF)OCC(C)CCNC. The molecule has 0 fully saturated rings. The second-order valence-electron chi connectivity index (χ2n) is 3.63. The predicted octanol–water partition coefficient (Wildman–Crippen LogP) is 2.16. The van der Waals surface area contributed by atoms with Crippen LogP contribution in [0.15, 0.2) is 12.7 Å². The Hall–Kier alpha value is -0.410. The van der Waals surface area contributed by atoms with E-state index in [-0.39, 0.29) is 6.10 Å². The van der Waals surface area contributed by atoms with Gasteiger partial charge in [-0.3, -0.25) is 0 Å². The molecule has 0 saturated heterocycles. The third-order valence-electron chi connectivity index (χ3n) is 2.11. The van der Waals surface area contributed by atoms with Gasteiger partial charge in [0, 0.05) is 6.61 Å². The molecular formula is C11H22FNO. The third-order valence-corrected chi connectivity index (χ3v) is 2.11. The summed E-state index contributed by atoms with van der Waals surface area (Å²) in [5.41, 5.74) is 0. The lowest BCUT2D eigenvalue weighted by Gasteiger charge is -2.16. The molecule has 0 saturated carbocycles. The summed E-state index contributed by atoms with van der Waals surface area (Å²) in [7, 11) is 1.93. The molecule has 3 heteroatoms. The van der Waals surface area contributed by atoms with Crippen LogP contribution in [0.3, 0.4) is 0 Å². The minimum atomic E-state index is -0.426. The molecule has 0 bridgehead atoms. The van der Waals surface area contributed by atoms with Crippen molar-refractivity contribution in [2.45, 2.75) is 25.9 Å². The Balaban J connectivity index is 3.51. The summed E-state index contributed by atoms with van der Waals surface area (Å²) in [6.45, 7) is 6.86. The van der Waals surface area contributed by atoms with Crippen LogP contribution in [0.1, 0.15) is 19.8 Å².